The second-order valence-corrected chi connectivity index (χ2v) is 16.0. The molecule has 6 nitrogen and oxygen atoms in total. The lowest BCUT2D eigenvalue weighted by Gasteiger charge is -2.12. The molecule has 0 spiro atoms. The number of ketones is 6. The Balaban J connectivity index is 1.24. The van der Waals surface area contributed by atoms with E-state index in [9.17, 15) is 28.8 Å². The van der Waals surface area contributed by atoms with Gasteiger partial charge in [-0.2, -0.15) is 0 Å². The number of carbonyl (C=O) groups is 6. The van der Waals surface area contributed by atoms with E-state index in [4.69, 9.17) is 0 Å². The van der Waals surface area contributed by atoms with Crippen molar-refractivity contribution in [3.8, 4) is 0 Å². The molecule has 0 saturated heterocycles. The van der Waals surface area contributed by atoms with Gasteiger partial charge in [0.15, 0.2) is 34.7 Å². The third-order valence-corrected chi connectivity index (χ3v) is 13.6. The number of carbonyl (C=O) groups excluding carboxylic acids is 6. The zero-order valence-electron chi connectivity index (χ0n) is 31.1. The summed E-state index contributed by atoms with van der Waals surface area (Å²) in [7, 11) is 0. The molecule has 0 unspecified atom stereocenters. The Morgan fingerprint density at radius 1 is 0.288 bits per heavy atom. The van der Waals surface area contributed by atoms with E-state index in [0.717, 1.165) is 109 Å². The zero-order chi connectivity index (χ0) is 37.0. The molecule has 0 heterocycles. The predicted molar refractivity (Wildman–Crippen MR) is 199 cm³/mol. The monoisotopic (exact) mass is 688 g/mol. The highest BCUT2D eigenvalue weighted by atomic mass is 16.1. The normalized spacial score (nSPS) is 18.5. The topological polar surface area (TPSA) is 102 Å². The summed E-state index contributed by atoms with van der Waals surface area (Å²) in [6.07, 6.45) is 2.08. The van der Waals surface area contributed by atoms with E-state index in [0.29, 0.717) is 35.1 Å². The van der Waals surface area contributed by atoms with Crippen LogP contribution >= 0.6 is 0 Å². The average molecular weight is 689 g/mol. The third kappa shape index (κ3) is 4.01. The van der Waals surface area contributed by atoms with E-state index < -0.39 is 0 Å². The molecule has 0 radical (unpaired) electrons. The van der Waals surface area contributed by atoms with Gasteiger partial charge in [0.05, 0.1) is 0 Å². The fourth-order valence-electron chi connectivity index (χ4n) is 11.0. The van der Waals surface area contributed by atoms with E-state index in [1.54, 1.807) is 0 Å². The second-order valence-electron chi connectivity index (χ2n) is 16.0. The van der Waals surface area contributed by atoms with Crippen molar-refractivity contribution in [1.29, 1.82) is 0 Å². The van der Waals surface area contributed by atoms with E-state index in [1.807, 2.05) is 55.4 Å². The standard InChI is InChI=1S/C46H40O6/c1-17-27-13-37(49)31(43(27)19(3)25-11-35(47)23(7)41(17)25)9-33-39(51)15-29-22(6)46-30(21(5)45(29)33)16-40(52)34(46)10-32-38(50)14-28-18(2)42-24(8)36(48)12-26(42)20(4)44(28)32/h9-16H2,1-8H3. The molecular weight excluding hydrogens is 649 g/mol. The Labute approximate surface area is 301 Å². The quantitative estimate of drug-likeness (QED) is 0.411. The van der Waals surface area contributed by atoms with Crippen molar-refractivity contribution in [3.63, 3.8) is 0 Å². The van der Waals surface area contributed by atoms with Gasteiger partial charge in [-0.25, -0.2) is 0 Å². The van der Waals surface area contributed by atoms with Crippen LogP contribution in [-0.2, 0) is 67.3 Å². The minimum absolute atomic E-state index is 0.00253. The molecule has 52 heavy (non-hydrogen) atoms. The van der Waals surface area contributed by atoms with Gasteiger partial charge in [0.25, 0.3) is 0 Å². The van der Waals surface area contributed by atoms with Crippen molar-refractivity contribution in [2.75, 3.05) is 0 Å². The highest BCUT2D eigenvalue weighted by Gasteiger charge is 2.37. The molecule has 0 atom stereocenters. The first-order valence-electron chi connectivity index (χ1n) is 18.4. The highest BCUT2D eigenvalue weighted by molar-refractivity contribution is 6.29. The van der Waals surface area contributed by atoms with Crippen LogP contribution < -0.4 is 31.3 Å². The van der Waals surface area contributed by atoms with Crippen molar-refractivity contribution in [2.24, 2.45) is 0 Å². The average Bonchev–Trinajstić information content (AvgIpc) is 3.92. The summed E-state index contributed by atoms with van der Waals surface area (Å²) in [4.78, 5) is 80.8. The molecule has 6 aliphatic carbocycles. The first kappa shape index (κ1) is 32.8. The van der Waals surface area contributed by atoms with Crippen LogP contribution in [0.1, 0.15) is 93.5 Å². The number of hydrogen-bond donors (Lipinski definition) is 0. The molecule has 0 N–H and O–H groups in total. The van der Waals surface area contributed by atoms with Gasteiger partial charge in [-0.1, -0.05) is 0 Å². The molecule has 3 aromatic rings. The number of rotatable bonds is 4. The first-order chi connectivity index (χ1) is 24.6. The Morgan fingerprint density at radius 2 is 0.481 bits per heavy atom. The summed E-state index contributed by atoms with van der Waals surface area (Å²) >= 11 is 0. The van der Waals surface area contributed by atoms with Gasteiger partial charge in [0, 0.05) is 84.8 Å². The van der Waals surface area contributed by atoms with E-state index in [-0.39, 0.29) is 73.2 Å². The molecule has 6 heteroatoms. The van der Waals surface area contributed by atoms with Crippen molar-refractivity contribution in [1.82, 2.24) is 0 Å². The minimum atomic E-state index is -0.00253. The van der Waals surface area contributed by atoms with Crippen LogP contribution in [0.2, 0.25) is 0 Å². The maximum absolute atomic E-state index is 14.0. The fourth-order valence-corrected chi connectivity index (χ4v) is 11.0. The number of benzene rings is 3. The molecule has 0 saturated carbocycles. The summed E-state index contributed by atoms with van der Waals surface area (Å²) in [6.45, 7) is 15.7. The van der Waals surface area contributed by atoms with Crippen molar-refractivity contribution >= 4 is 68.1 Å². The summed E-state index contributed by atoms with van der Waals surface area (Å²) < 4.78 is 0. The minimum Gasteiger partial charge on any atom is -0.294 e. The number of hydrogen-bond acceptors (Lipinski definition) is 6. The van der Waals surface area contributed by atoms with Crippen LogP contribution in [0.3, 0.4) is 0 Å². The molecule has 3 aromatic carbocycles. The zero-order valence-corrected chi connectivity index (χ0v) is 31.1. The summed E-state index contributed by atoms with van der Waals surface area (Å²) in [5, 5.41) is 5.53. The SMILES string of the molecule is CC1=c2c(C)c3c(c(C)c2CC1=O)=C(CC1=c2c(C)c4c(c(C)c2CC1=O)=C(CC1=c2c(C)c5c(c(C)c2CC1=O)=C(C)C(=O)C5)C(=O)C4)C(=O)C3. The largest absolute Gasteiger partial charge is 0.294 e. The van der Waals surface area contributed by atoms with Gasteiger partial charge in [0.2, 0.25) is 0 Å². The van der Waals surface area contributed by atoms with Gasteiger partial charge < -0.3 is 0 Å². The van der Waals surface area contributed by atoms with Crippen LogP contribution in [0.4, 0.5) is 0 Å². The lowest BCUT2D eigenvalue weighted by atomic mass is 9.91. The van der Waals surface area contributed by atoms with Crippen LogP contribution in [0.15, 0.2) is 0 Å². The lowest BCUT2D eigenvalue weighted by Crippen LogP contribution is -2.27. The number of Topliss-reactive ketones (excluding diaryl/α,β-unsaturated/α-hetero) is 6. The lowest BCUT2D eigenvalue weighted by molar-refractivity contribution is -0.114. The Morgan fingerprint density at radius 3 is 0.731 bits per heavy atom. The smallest absolute Gasteiger partial charge is 0.164 e. The van der Waals surface area contributed by atoms with Crippen molar-refractivity contribution < 1.29 is 28.8 Å². The molecule has 0 aromatic heterocycles. The number of fused-ring (bicyclic) bond motifs is 6. The second kappa shape index (κ2) is 10.7. The molecule has 260 valence electrons. The predicted octanol–water partition coefficient (Wildman–Crippen LogP) is 1.41. The molecule has 9 rings (SSSR count). The molecule has 0 fully saturated rings. The molecule has 0 bridgehead atoms. The maximum Gasteiger partial charge on any atom is 0.164 e. The van der Waals surface area contributed by atoms with E-state index in [1.165, 1.54) is 0 Å². The molecule has 0 aliphatic heterocycles. The van der Waals surface area contributed by atoms with Gasteiger partial charge in [-0.05, 0) is 153 Å². The Kier molecular flexibility index (Phi) is 6.76. The molecule has 6 aliphatic rings. The van der Waals surface area contributed by atoms with Crippen LogP contribution in [0, 0.1) is 41.5 Å². The Hall–Kier alpha value is -5.10. The highest BCUT2D eigenvalue weighted by Crippen LogP contribution is 2.32. The van der Waals surface area contributed by atoms with Crippen LogP contribution in [0.25, 0.3) is 33.4 Å². The Bertz CT molecular complexity index is 2710. The first-order valence-corrected chi connectivity index (χ1v) is 18.4. The summed E-state index contributed by atoms with van der Waals surface area (Å²) in [5.41, 5.74) is 15.6. The summed E-state index contributed by atoms with van der Waals surface area (Å²) in [6, 6.07) is 0. The van der Waals surface area contributed by atoms with Gasteiger partial charge in [-0.15, -0.1) is 0 Å². The van der Waals surface area contributed by atoms with E-state index in [2.05, 4.69) is 0 Å². The van der Waals surface area contributed by atoms with Crippen LogP contribution in [-0.4, -0.2) is 34.7 Å². The van der Waals surface area contributed by atoms with Crippen molar-refractivity contribution in [2.45, 2.75) is 107 Å². The summed E-state index contributed by atoms with van der Waals surface area (Å²) in [5.74, 6) is 0.287. The van der Waals surface area contributed by atoms with Gasteiger partial charge in [0.1, 0.15) is 0 Å². The molecular formula is C46H40O6. The maximum atomic E-state index is 14.0. The van der Waals surface area contributed by atoms with Gasteiger partial charge >= 0.3 is 0 Å². The van der Waals surface area contributed by atoms with Crippen LogP contribution in [0.5, 0.6) is 0 Å². The molecule has 0 amide bonds. The fraction of sp³-hybridized carbons (Fsp3) is 0.348. The third-order valence-electron chi connectivity index (χ3n) is 13.6. The van der Waals surface area contributed by atoms with Gasteiger partial charge in [-0.3, -0.25) is 28.8 Å². The van der Waals surface area contributed by atoms with Crippen molar-refractivity contribution in [3.05, 3.63) is 98.1 Å². The van der Waals surface area contributed by atoms with E-state index >= 15 is 0 Å².